The van der Waals surface area contributed by atoms with E-state index in [0.29, 0.717) is 23.0 Å². The fraction of sp³-hybridized carbons (Fsp3) is 0.462. The van der Waals surface area contributed by atoms with Gasteiger partial charge in [-0.2, -0.15) is 5.10 Å². The van der Waals surface area contributed by atoms with Gasteiger partial charge < -0.3 is 15.4 Å². The first kappa shape index (κ1) is 14.5. The van der Waals surface area contributed by atoms with E-state index in [1.165, 1.54) is 0 Å². The molecule has 2 heterocycles. The summed E-state index contributed by atoms with van der Waals surface area (Å²) in [4.78, 5) is 12.2. The van der Waals surface area contributed by atoms with Crippen LogP contribution in [-0.4, -0.2) is 27.5 Å². The van der Waals surface area contributed by atoms with Crippen molar-refractivity contribution in [3.05, 3.63) is 28.7 Å². The highest BCUT2D eigenvalue weighted by atomic mass is 32.1. The average molecular weight is 294 g/mol. The number of nitrogens with zero attached hydrogens (tertiary/aromatic N) is 2. The second-order valence-electron chi connectivity index (χ2n) is 4.60. The Morgan fingerprint density at radius 2 is 2.25 bits per heavy atom. The SMILES string of the molecule is CCOC(=O)C1=C(C)NC(=S)N[C@@H]1c1cnn(C)c1C. The topological polar surface area (TPSA) is 68.2 Å². The maximum absolute atomic E-state index is 12.2. The number of allylic oxidation sites excluding steroid dienone is 1. The number of aromatic nitrogens is 2. The van der Waals surface area contributed by atoms with Gasteiger partial charge in [0.2, 0.25) is 0 Å². The molecule has 0 aliphatic carbocycles. The highest BCUT2D eigenvalue weighted by Crippen LogP contribution is 2.29. The number of esters is 1. The van der Waals surface area contributed by atoms with Crippen molar-refractivity contribution in [1.82, 2.24) is 20.4 Å². The van der Waals surface area contributed by atoms with E-state index in [9.17, 15) is 4.79 Å². The van der Waals surface area contributed by atoms with Gasteiger partial charge in [0, 0.05) is 24.0 Å². The molecule has 0 bridgehead atoms. The molecule has 0 amide bonds. The number of carbonyl (C=O) groups is 1. The monoisotopic (exact) mass is 294 g/mol. The Labute approximate surface area is 123 Å². The summed E-state index contributed by atoms with van der Waals surface area (Å²) in [5, 5.41) is 10.8. The largest absolute Gasteiger partial charge is 0.463 e. The van der Waals surface area contributed by atoms with Crippen molar-refractivity contribution in [2.75, 3.05) is 6.61 Å². The molecular weight excluding hydrogens is 276 g/mol. The molecule has 0 fully saturated rings. The third kappa shape index (κ3) is 2.53. The molecule has 1 aromatic heterocycles. The predicted molar refractivity (Wildman–Crippen MR) is 78.9 cm³/mol. The second kappa shape index (κ2) is 5.62. The molecule has 2 N–H and O–H groups in total. The zero-order valence-corrected chi connectivity index (χ0v) is 12.8. The van der Waals surface area contributed by atoms with Crippen molar-refractivity contribution in [3.63, 3.8) is 0 Å². The summed E-state index contributed by atoms with van der Waals surface area (Å²) in [7, 11) is 1.86. The van der Waals surface area contributed by atoms with E-state index < -0.39 is 0 Å². The number of ether oxygens (including phenoxy) is 1. The molecule has 0 saturated heterocycles. The number of carbonyl (C=O) groups excluding carboxylic acids is 1. The molecule has 1 aromatic rings. The van der Waals surface area contributed by atoms with Crippen molar-refractivity contribution in [2.45, 2.75) is 26.8 Å². The van der Waals surface area contributed by atoms with Crippen LogP contribution < -0.4 is 10.6 Å². The van der Waals surface area contributed by atoms with Crippen molar-refractivity contribution < 1.29 is 9.53 Å². The Hall–Kier alpha value is -1.89. The molecule has 7 heteroatoms. The molecule has 1 atom stereocenters. The molecule has 6 nitrogen and oxygen atoms in total. The lowest BCUT2D eigenvalue weighted by Gasteiger charge is -2.29. The summed E-state index contributed by atoms with van der Waals surface area (Å²) in [5.74, 6) is -0.347. The van der Waals surface area contributed by atoms with Crippen molar-refractivity contribution >= 4 is 23.3 Å². The first-order chi connectivity index (χ1) is 9.45. The molecule has 1 aliphatic rings. The Morgan fingerprint density at radius 3 is 2.80 bits per heavy atom. The van der Waals surface area contributed by atoms with Gasteiger partial charge in [-0.25, -0.2) is 4.79 Å². The lowest BCUT2D eigenvalue weighted by atomic mass is 9.96. The second-order valence-corrected chi connectivity index (χ2v) is 5.01. The standard InChI is InChI=1S/C13H18N4O2S/c1-5-19-12(18)10-7(2)15-13(20)16-11(10)9-6-14-17(4)8(9)3/h6,11H,5H2,1-4H3,(H2,15,16,20)/t11-/m1/s1. The van der Waals surface area contributed by atoms with Crippen molar-refractivity contribution in [3.8, 4) is 0 Å². The molecule has 0 spiro atoms. The molecular formula is C13H18N4O2S. The van der Waals surface area contributed by atoms with Crippen LogP contribution in [0.2, 0.25) is 0 Å². The summed E-state index contributed by atoms with van der Waals surface area (Å²) in [6.07, 6.45) is 1.74. The van der Waals surface area contributed by atoms with Crippen LogP contribution in [0.1, 0.15) is 31.1 Å². The Bertz CT molecular complexity index is 591. The van der Waals surface area contributed by atoms with E-state index in [1.54, 1.807) is 17.8 Å². The lowest BCUT2D eigenvalue weighted by Crippen LogP contribution is -2.45. The van der Waals surface area contributed by atoms with E-state index in [-0.39, 0.29) is 12.0 Å². The molecule has 2 rings (SSSR count). The van der Waals surface area contributed by atoms with Gasteiger partial charge in [-0.1, -0.05) is 0 Å². The van der Waals surface area contributed by atoms with Gasteiger partial charge in [-0.3, -0.25) is 4.68 Å². The Kier molecular flexibility index (Phi) is 4.08. The van der Waals surface area contributed by atoms with Gasteiger partial charge in [-0.15, -0.1) is 0 Å². The van der Waals surface area contributed by atoms with Gasteiger partial charge >= 0.3 is 5.97 Å². The van der Waals surface area contributed by atoms with Gasteiger partial charge in [0.1, 0.15) is 0 Å². The smallest absolute Gasteiger partial charge is 0.338 e. The summed E-state index contributed by atoms with van der Waals surface area (Å²) in [5.41, 5.74) is 3.14. The quantitative estimate of drug-likeness (QED) is 0.642. The van der Waals surface area contributed by atoms with Gasteiger partial charge in [0.05, 0.1) is 24.4 Å². The minimum Gasteiger partial charge on any atom is -0.463 e. The number of aryl methyl sites for hydroxylation is 1. The van der Waals surface area contributed by atoms with Crippen LogP contribution >= 0.6 is 12.2 Å². The van der Waals surface area contributed by atoms with E-state index >= 15 is 0 Å². The Balaban J connectivity index is 2.47. The summed E-state index contributed by atoms with van der Waals surface area (Å²) in [6, 6.07) is -0.337. The van der Waals surface area contributed by atoms with Crippen LogP contribution in [0.5, 0.6) is 0 Å². The van der Waals surface area contributed by atoms with E-state index in [4.69, 9.17) is 17.0 Å². The molecule has 0 saturated carbocycles. The molecule has 0 aromatic carbocycles. The predicted octanol–water partition coefficient (Wildman–Crippen LogP) is 1.08. The summed E-state index contributed by atoms with van der Waals surface area (Å²) >= 11 is 5.18. The van der Waals surface area contributed by atoms with Crippen molar-refractivity contribution in [1.29, 1.82) is 0 Å². The van der Waals surface area contributed by atoms with Crippen molar-refractivity contribution in [2.24, 2.45) is 7.05 Å². The average Bonchev–Trinajstić information content (AvgIpc) is 2.69. The van der Waals surface area contributed by atoms with Crippen LogP contribution in [0.3, 0.4) is 0 Å². The maximum Gasteiger partial charge on any atom is 0.338 e. The maximum atomic E-state index is 12.2. The number of hydrogen-bond donors (Lipinski definition) is 2. The highest BCUT2D eigenvalue weighted by molar-refractivity contribution is 7.80. The molecule has 0 unspecified atom stereocenters. The molecule has 1 aliphatic heterocycles. The van der Waals surface area contributed by atoms with Gasteiger partial charge in [-0.05, 0) is 33.0 Å². The molecule has 0 radical (unpaired) electrons. The minimum absolute atomic E-state index is 0.332. The third-order valence-electron chi connectivity index (χ3n) is 3.35. The van der Waals surface area contributed by atoms with Crippen LogP contribution in [-0.2, 0) is 16.6 Å². The fourth-order valence-electron chi connectivity index (χ4n) is 2.21. The number of thiocarbonyl (C=S) groups is 1. The third-order valence-corrected chi connectivity index (χ3v) is 3.57. The van der Waals surface area contributed by atoms with Gasteiger partial charge in [0.15, 0.2) is 5.11 Å². The number of rotatable bonds is 3. The van der Waals surface area contributed by atoms with Gasteiger partial charge in [0.25, 0.3) is 0 Å². The van der Waals surface area contributed by atoms with Crippen LogP contribution in [0.15, 0.2) is 17.5 Å². The van der Waals surface area contributed by atoms with E-state index in [0.717, 1.165) is 11.3 Å². The lowest BCUT2D eigenvalue weighted by molar-refractivity contribution is -0.139. The summed E-state index contributed by atoms with van der Waals surface area (Å²) < 4.78 is 6.90. The minimum atomic E-state index is -0.347. The first-order valence-corrected chi connectivity index (χ1v) is 6.80. The molecule has 108 valence electrons. The van der Waals surface area contributed by atoms with Crippen LogP contribution in [0.4, 0.5) is 0 Å². The highest BCUT2D eigenvalue weighted by Gasteiger charge is 2.32. The van der Waals surface area contributed by atoms with E-state index in [1.807, 2.05) is 20.9 Å². The van der Waals surface area contributed by atoms with Crippen LogP contribution in [0.25, 0.3) is 0 Å². The normalized spacial score (nSPS) is 18.6. The van der Waals surface area contributed by atoms with Crippen LogP contribution in [0, 0.1) is 6.92 Å². The van der Waals surface area contributed by atoms with E-state index in [2.05, 4.69) is 15.7 Å². The zero-order chi connectivity index (χ0) is 14.9. The zero-order valence-electron chi connectivity index (χ0n) is 12.0. The molecule has 20 heavy (non-hydrogen) atoms. The number of nitrogens with one attached hydrogen (secondary N) is 2. The Morgan fingerprint density at radius 1 is 1.55 bits per heavy atom. The first-order valence-electron chi connectivity index (χ1n) is 6.39. The fourth-order valence-corrected chi connectivity index (χ4v) is 2.48. The number of hydrogen-bond acceptors (Lipinski definition) is 4. The summed E-state index contributed by atoms with van der Waals surface area (Å²) in [6.45, 7) is 5.89.